The van der Waals surface area contributed by atoms with Crippen LogP contribution in [0.1, 0.15) is 33.4 Å². The van der Waals surface area contributed by atoms with Gasteiger partial charge in [-0.1, -0.05) is 11.8 Å². The van der Waals surface area contributed by atoms with Crippen molar-refractivity contribution in [2.24, 2.45) is 5.73 Å². The highest BCUT2D eigenvalue weighted by atomic mass is 16.4. The molecule has 0 radical (unpaired) electrons. The molecule has 0 fully saturated rings. The van der Waals surface area contributed by atoms with Crippen LogP contribution >= 0.6 is 0 Å². The summed E-state index contributed by atoms with van der Waals surface area (Å²) in [5.41, 5.74) is 6.95. The molecule has 0 aliphatic heterocycles. The molecule has 1 amide bonds. The average Bonchev–Trinajstić information content (AvgIpc) is 2.81. The fraction of sp³-hybridized carbons (Fsp3) is 0.267. The van der Waals surface area contributed by atoms with E-state index >= 15 is 0 Å². The Hall–Kier alpha value is -2.65. The zero-order chi connectivity index (χ0) is 15.2. The molecule has 3 N–H and O–H groups in total. The first-order chi connectivity index (χ1) is 10.1. The first-order valence-corrected chi connectivity index (χ1v) is 6.47. The van der Waals surface area contributed by atoms with Gasteiger partial charge in [0.25, 0.3) is 5.91 Å². The topological polar surface area (TPSA) is 94.0 Å². The number of nitrogens with one attached hydrogen (secondary N) is 1. The number of carbonyl (C=O) groups is 1. The van der Waals surface area contributed by atoms with Crippen LogP contribution in [-0.2, 0) is 6.54 Å². The summed E-state index contributed by atoms with van der Waals surface area (Å²) in [6, 6.07) is 3.45. The Balaban J connectivity index is 2.10. The van der Waals surface area contributed by atoms with Crippen LogP contribution in [0.2, 0.25) is 0 Å². The van der Waals surface area contributed by atoms with Gasteiger partial charge in [-0.2, -0.15) is 0 Å². The lowest BCUT2D eigenvalue weighted by atomic mass is 10.2. The molecule has 0 bridgehead atoms. The summed E-state index contributed by atoms with van der Waals surface area (Å²) in [7, 11) is 0. The molecule has 6 nitrogen and oxygen atoms in total. The Morgan fingerprint density at radius 2 is 2.29 bits per heavy atom. The maximum absolute atomic E-state index is 12.2. The first-order valence-electron chi connectivity index (χ1n) is 6.47. The molecule has 0 saturated carbocycles. The predicted molar refractivity (Wildman–Crippen MR) is 77.3 cm³/mol. The van der Waals surface area contributed by atoms with Crippen molar-refractivity contribution in [3.05, 3.63) is 46.9 Å². The number of nitrogens with zero attached hydrogens (tertiary/aromatic N) is 2. The molecular formula is C15H16N4O2. The Labute approximate surface area is 122 Å². The van der Waals surface area contributed by atoms with Gasteiger partial charge < -0.3 is 15.5 Å². The number of pyridine rings is 1. The molecule has 2 rings (SSSR count). The van der Waals surface area contributed by atoms with E-state index in [4.69, 9.17) is 10.2 Å². The van der Waals surface area contributed by atoms with Gasteiger partial charge in [0.1, 0.15) is 11.5 Å². The number of carbonyl (C=O) groups excluding carboxylic acids is 1. The van der Waals surface area contributed by atoms with Crippen LogP contribution < -0.4 is 11.1 Å². The highest BCUT2D eigenvalue weighted by Crippen LogP contribution is 2.08. The van der Waals surface area contributed by atoms with E-state index in [2.05, 4.69) is 27.1 Å². The number of amides is 1. The average molecular weight is 284 g/mol. The van der Waals surface area contributed by atoms with E-state index in [1.54, 1.807) is 18.3 Å². The lowest BCUT2D eigenvalue weighted by molar-refractivity contribution is 0.0942. The monoisotopic (exact) mass is 284 g/mol. The molecule has 2 heterocycles. The normalized spacial score (nSPS) is 9.86. The van der Waals surface area contributed by atoms with Gasteiger partial charge in [0.15, 0.2) is 0 Å². The van der Waals surface area contributed by atoms with E-state index < -0.39 is 0 Å². The molecule has 0 saturated heterocycles. The van der Waals surface area contributed by atoms with E-state index in [0.717, 1.165) is 11.5 Å². The van der Waals surface area contributed by atoms with Crippen molar-refractivity contribution < 1.29 is 9.21 Å². The first kappa shape index (κ1) is 14.8. The standard InChI is InChI=1S/C15H16N4O2/c1-10-11(2)21-13(19-10)9-18-15(20)14-12(5-3-7-16)6-4-8-17-14/h4,6,8H,7,9,16H2,1-2H3,(H,18,20). The van der Waals surface area contributed by atoms with Gasteiger partial charge >= 0.3 is 0 Å². The van der Waals surface area contributed by atoms with Gasteiger partial charge in [-0.15, -0.1) is 0 Å². The molecule has 2 aromatic rings. The highest BCUT2D eigenvalue weighted by Gasteiger charge is 2.13. The van der Waals surface area contributed by atoms with E-state index in [0.29, 0.717) is 11.5 Å². The molecule has 0 unspecified atom stereocenters. The molecule has 0 aromatic carbocycles. The number of hydrogen-bond donors (Lipinski definition) is 2. The van der Waals surface area contributed by atoms with Gasteiger partial charge in [-0.25, -0.2) is 9.97 Å². The van der Waals surface area contributed by atoms with E-state index in [9.17, 15) is 4.79 Å². The molecule has 0 spiro atoms. The quantitative estimate of drug-likeness (QED) is 0.818. The van der Waals surface area contributed by atoms with E-state index in [1.165, 1.54) is 0 Å². The minimum Gasteiger partial charge on any atom is -0.444 e. The second-order valence-electron chi connectivity index (χ2n) is 4.34. The maximum atomic E-state index is 12.2. The van der Waals surface area contributed by atoms with Crippen LogP contribution in [0, 0.1) is 25.7 Å². The minimum absolute atomic E-state index is 0.202. The van der Waals surface area contributed by atoms with Crippen molar-refractivity contribution in [2.45, 2.75) is 20.4 Å². The van der Waals surface area contributed by atoms with Crippen LogP contribution in [0.15, 0.2) is 22.7 Å². The summed E-state index contributed by atoms with van der Waals surface area (Å²) >= 11 is 0. The fourth-order valence-electron chi connectivity index (χ4n) is 1.69. The molecular weight excluding hydrogens is 268 g/mol. The summed E-state index contributed by atoms with van der Waals surface area (Å²) in [5.74, 6) is 6.41. The molecule has 0 aliphatic rings. The number of oxazole rings is 1. The maximum Gasteiger partial charge on any atom is 0.271 e. The fourth-order valence-corrected chi connectivity index (χ4v) is 1.69. The molecule has 0 atom stereocenters. The van der Waals surface area contributed by atoms with Gasteiger partial charge in [-0.05, 0) is 26.0 Å². The Bertz CT molecular complexity index is 690. The number of nitrogens with two attached hydrogens (primary N) is 1. The number of hydrogen-bond acceptors (Lipinski definition) is 5. The van der Waals surface area contributed by atoms with Crippen molar-refractivity contribution in [3.63, 3.8) is 0 Å². The smallest absolute Gasteiger partial charge is 0.271 e. The van der Waals surface area contributed by atoms with Crippen LogP contribution in [0.3, 0.4) is 0 Å². The molecule has 21 heavy (non-hydrogen) atoms. The number of aryl methyl sites for hydroxylation is 2. The number of aromatic nitrogens is 2. The largest absolute Gasteiger partial charge is 0.444 e. The summed E-state index contributed by atoms with van der Waals surface area (Å²) in [6.45, 7) is 4.11. The highest BCUT2D eigenvalue weighted by molar-refractivity contribution is 5.94. The second-order valence-corrected chi connectivity index (χ2v) is 4.34. The van der Waals surface area contributed by atoms with Crippen LogP contribution in [0.25, 0.3) is 0 Å². The molecule has 108 valence electrons. The van der Waals surface area contributed by atoms with Gasteiger partial charge in [0.2, 0.25) is 5.89 Å². The summed E-state index contributed by atoms with van der Waals surface area (Å²) < 4.78 is 5.40. The lowest BCUT2D eigenvalue weighted by Crippen LogP contribution is -2.25. The van der Waals surface area contributed by atoms with Gasteiger partial charge in [0, 0.05) is 6.20 Å². The van der Waals surface area contributed by atoms with Crippen molar-refractivity contribution in [3.8, 4) is 11.8 Å². The minimum atomic E-state index is -0.328. The third-order valence-electron chi connectivity index (χ3n) is 2.82. The van der Waals surface area contributed by atoms with Gasteiger partial charge in [-0.3, -0.25) is 4.79 Å². The van der Waals surface area contributed by atoms with Crippen LogP contribution in [0.5, 0.6) is 0 Å². The van der Waals surface area contributed by atoms with Crippen LogP contribution in [0.4, 0.5) is 0 Å². The van der Waals surface area contributed by atoms with E-state index in [-0.39, 0.29) is 24.7 Å². The zero-order valence-electron chi connectivity index (χ0n) is 11.9. The van der Waals surface area contributed by atoms with Crippen molar-refractivity contribution in [1.29, 1.82) is 0 Å². The Morgan fingerprint density at radius 1 is 1.48 bits per heavy atom. The molecule has 6 heteroatoms. The van der Waals surface area contributed by atoms with Crippen LogP contribution in [-0.4, -0.2) is 22.4 Å². The third kappa shape index (κ3) is 3.68. The van der Waals surface area contributed by atoms with Crippen molar-refractivity contribution in [1.82, 2.24) is 15.3 Å². The zero-order valence-corrected chi connectivity index (χ0v) is 11.9. The summed E-state index contributed by atoms with van der Waals surface area (Å²) in [5, 5.41) is 2.72. The molecule has 0 aliphatic carbocycles. The lowest BCUT2D eigenvalue weighted by Gasteiger charge is -2.04. The van der Waals surface area contributed by atoms with Crippen molar-refractivity contribution >= 4 is 5.91 Å². The van der Waals surface area contributed by atoms with Gasteiger partial charge in [0.05, 0.1) is 24.3 Å². The Kier molecular flexibility index (Phi) is 4.69. The Morgan fingerprint density at radius 3 is 2.95 bits per heavy atom. The predicted octanol–water partition coefficient (Wildman–Crippen LogP) is 0.927. The number of rotatable bonds is 3. The third-order valence-corrected chi connectivity index (χ3v) is 2.82. The van der Waals surface area contributed by atoms with E-state index in [1.807, 2.05) is 13.8 Å². The second kappa shape index (κ2) is 6.68. The summed E-state index contributed by atoms with van der Waals surface area (Å²) in [6.07, 6.45) is 1.54. The summed E-state index contributed by atoms with van der Waals surface area (Å²) in [4.78, 5) is 20.4. The SMILES string of the molecule is Cc1nc(CNC(=O)c2ncccc2C#CCN)oc1C. The molecule has 2 aromatic heterocycles. The van der Waals surface area contributed by atoms with Crippen molar-refractivity contribution in [2.75, 3.05) is 6.54 Å².